The largest absolute Gasteiger partial charge is 0.416 e. The van der Waals surface area contributed by atoms with Crippen molar-refractivity contribution >= 4 is 17.3 Å². The predicted molar refractivity (Wildman–Crippen MR) is 84.5 cm³/mol. The van der Waals surface area contributed by atoms with Gasteiger partial charge in [0.05, 0.1) is 12.1 Å². The summed E-state index contributed by atoms with van der Waals surface area (Å²) in [5, 5.41) is 5.56. The van der Waals surface area contributed by atoms with Gasteiger partial charge < -0.3 is 10.6 Å². The van der Waals surface area contributed by atoms with Gasteiger partial charge in [-0.05, 0) is 49.7 Å². The highest BCUT2D eigenvalue weighted by Crippen LogP contribution is 2.29. The van der Waals surface area contributed by atoms with Gasteiger partial charge in [0.1, 0.15) is 0 Å². The molecule has 0 aliphatic rings. The Kier molecular flexibility index (Phi) is 4.93. The van der Waals surface area contributed by atoms with Gasteiger partial charge in [-0.1, -0.05) is 17.7 Å². The Morgan fingerprint density at radius 2 is 1.70 bits per heavy atom. The van der Waals surface area contributed by atoms with Crippen LogP contribution in [0.3, 0.4) is 0 Å². The molecule has 2 rings (SSSR count). The van der Waals surface area contributed by atoms with Crippen LogP contribution < -0.4 is 10.6 Å². The zero-order chi connectivity index (χ0) is 17.0. The molecule has 0 fully saturated rings. The van der Waals surface area contributed by atoms with E-state index in [-0.39, 0.29) is 12.5 Å². The molecule has 2 aromatic rings. The van der Waals surface area contributed by atoms with Crippen molar-refractivity contribution in [2.45, 2.75) is 20.0 Å². The summed E-state index contributed by atoms with van der Waals surface area (Å²) >= 11 is 0. The van der Waals surface area contributed by atoms with Crippen LogP contribution in [0, 0.1) is 13.8 Å². The Bertz CT molecular complexity index is 694. The molecule has 122 valence electrons. The number of halogens is 3. The van der Waals surface area contributed by atoms with Crippen LogP contribution in [0.5, 0.6) is 0 Å². The number of carbonyl (C=O) groups excluding carboxylic acids is 1. The summed E-state index contributed by atoms with van der Waals surface area (Å²) in [6, 6.07) is 10.2. The summed E-state index contributed by atoms with van der Waals surface area (Å²) < 4.78 is 37.4. The molecule has 3 nitrogen and oxygen atoms in total. The van der Waals surface area contributed by atoms with E-state index < -0.39 is 11.7 Å². The van der Waals surface area contributed by atoms with E-state index in [1.165, 1.54) is 12.1 Å². The molecule has 0 atom stereocenters. The minimum atomic E-state index is -4.36. The highest BCUT2D eigenvalue weighted by Gasteiger charge is 2.29. The lowest BCUT2D eigenvalue weighted by atomic mass is 10.1. The van der Waals surface area contributed by atoms with Gasteiger partial charge in [0.15, 0.2) is 0 Å². The highest BCUT2D eigenvalue weighted by molar-refractivity contribution is 5.94. The number of aryl methyl sites for hydroxylation is 2. The predicted octanol–water partition coefficient (Wildman–Crippen LogP) is 4.37. The van der Waals surface area contributed by atoms with E-state index in [1.807, 2.05) is 32.0 Å². The van der Waals surface area contributed by atoms with Gasteiger partial charge >= 0.3 is 6.18 Å². The van der Waals surface area contributed by atoms with Crippen LogP contribution >= 0.6 is 0 Å². The smallest absolute Gasteiger partial charge is 0.376 e. The molecular formula is C17H17F3N2O. The first-order valence-corrected chi connectivity index (χ1v) is 7.04. The average molecular weight is 322 g/mol. The fraction of sp³-hybridized carbons (Fsp3) is 0.235. The monoisotopic (exact) mass is 322 g/mol. The normalized spacial score (nSPS) is 11.2. The summed E-state index contributed by atoms with van der Waals surface area (Å²) in [7, 11) is 0. The number of hydrogen-bond acceptors (Lipinski definition) is 2. The van der Waals surface area contributed by atoms with Gasteiger partial charge in [-0.3, -0.25) is 4.79 Å². The Morgan fingerprint density at radius 1 is 1.04 bits per heavy atom. The van der Waals surface area contributed by atoms with E-state index in [0.29, 0.717) is 5.69 Å². The second-order valence-electron chi connectivity index (χ2n) is 5.30. The van der Waals surface area contributed by atoms with Gasteiger partial charge in [0.2, 0.25) is 5.91 Å². The molecule has 2 aromatic carbocycles. The summed E-state index contributed by atoms with van der Waals surface area (Å²) in [5.74, 6) is -0.267. The summed E-state index contributed by atoms with van der Waals surface area (Å²) in [5.41, 5.74) is 2.50. The van der Waals surface area contributed by atoms with Crippen LogP contribution in [0.2, 0.25) is 0 Å². The first-order chi connectivity index (χ1) is 10.8. The molecular weight excluding hydrogens is 305 g/mol. The number of alkyl halides is 3. The average Bonchev–Trinajstić information content (AvgIpc) is 2.47. The highest BCUT2D eigenvalue weighted by atomic mass is 19.4. The Hall–Kier alpha value is -2.50. The van der Waals surface area contributed by atoms with E-state index in [9.17, 15) is 18.0 Å². The second kappa shape index (κ2) is 6.73. The van der Waals surface area contributed by atoms with Gasteiger partial charge in [-0.15, -0.1) is 0 Å². The number of amides is 1. The molecule has 0 spiro atoms. The third-order valence-corrected chi connectivity index (χ3v) is 3.32. The molecule has 23 heavy (non-hydrogen) atoms. The van der Waals surface area contributed by atoms with E-state index in [4.69, 9.17) is 0 Å². The number of benzene rings is 2. The van der Waals surface area contributed by atoms with Crippen LogP contribution in [0.1, 0.15) is 16.7 Å². The Labute approximate surface area is 132 Å². The van der Waals surface area contributed by atoms with Crippen LogP contribution in [0.15, 0.2) is 42.5 Å². The van der Waals surface area contributed by atoms with Crippen LogP contribution in [0.25, 0.3) is 0 Å². The maximum atomic E-state index is 12.5. The maximum Gasteiger partial charge on any atom is 0.416 e. The van der Waals surface area contributed by atoms with Crippen molar-refractivity contribution in [1.29, 1.82) is 0 Å². The first kappa shape index (κ1) is 16.9. The van der Waals surface area contributed by atoms with Crippen molar-refractivity contribution in [2.75, 3.05) is 17.2 Å². The van der Waals surface area contributed by atoms with Crippen molar-refractivity contribution in [2.24, 2.45) is 0 Å². The minimum absolute atomic E-state index is 0.0291. The SMILES string of the molecule is Cc1ccc(NC(=O)CNc2ccc(C(F)(F)F)cc2)c(C)c1. The van der Waals surface area contributed by atoms with Crippen LogP contribution in [-0.2, 0) is 11.0 Å². The molecule has 6 heteroatoms. The Morgan fingerprint density at radius 3 is 2.26 bits per heavy atom. The molecule has 0 saturated heterocycles. The number of carbonyl (C=O) groups is 1. The summed E-state index contributed by atoms with van der Waals surface area (Å²) in [4.78, 5) is 11.9. The van der Waals surface area contributed by atoms with Crippen molar-refractivity contribution < 1.29 is 18.0 Å². The number of nitrogens with one attached hydrogen (secondary N) is 2. The number of rotatable bonds is 4. The summed E-state index contributed by atoms with van der Waals surface area (Å²) in [6.45, 7) is 3.83. The molecule has 0 radical (unpaired) electrons. The first-order valence-electron chi connectivity index (χ1n) is 7.04. The third kappa shape index (κ3) is 4.74. The third-order valence-electron chi connectivity index (χ3n) is 3.32. The molecule has 0 aliphatic heterocycles. The van der Waals surface area contributed by atoms with E-state index in [0.717, 1.165) is 28.9 Å². The van der Waals surface area contributed by atoms with Gasteiger partial charge in [0.25, 0.3) is 0 Å². The van der Waals surface area contributed by atoms with Crippen LogP contribution in [-0.4, -0.2) is 12.5 Å². The zero-order valence-electron chi connectivity index (χ0n) is 12.8. The standard InChI is InChI=1S/C17H17F3N2O/c1-11-3-8-15(12(2)9-11)22-16(23)10-21-14-6-4-13(5-7-14)17(18,19)20/h3-9,21H,10H2,1-2H3,(H,22,23). The van der Waals surface area contributed by atoms with Gasteiger partial charge in [-0.2, -0.15) is 13.2 Å². The number of anilines is 2. The fourth-order valence-corrected chi connectivity index (χ4v) is 2.11. The molecule has 0 bridgehead atoms. The minimum Gasteiger partial charge on any atom is -0.376 e. The van der Waals surface area contributed by atoms with Gasteiger partial charge in [-0.25, -0.2) is 0 Å². The van der Waals surface area contributed by atoms with Crippen LogP contribution in [0.4, 0.5) is 24.5 Å². The molecule has 0 aromatic heterocycles. The van der Waals surface area contributed by atoms with Crippen molar-refractivity contribution in [3.05, 3.63) is 59.2 Å². The van der Waals surface area contributed by atoms with Crippen molar-refractivity contribution in [3.63, 3.8) is 0 Å². The summed E-state index contributed by atoms with van der Waals surface area (Å²) in [6.07, 6.45) is -4.36. The molecule has 0 unspecified atom stereocenters. The zero-order valence-corrected chi connectivity index (χ0v) is 12.8. The fourth-order valence-electron chi connectivity index (χ4n) is 2.11. The Balaban J connectivity index is 1.91. The molecule has 0 heterocycles. The van der Waals surface area contributed by atoms with E-state index in [2.05, 4.69) is 10.6 Å². The van der Waals surface area contributed by atoms with Gasteiger partial charge in [0, 0.05) is 11.4 Å². The van der Waals surface area contributed by atoms with E-state index >= 15 is 0 Å². The molecule has 2 N–H and O–H groups in total. The lowest BCUT2D eigenvalue weighted by Crippen LogP contribution is -2.22. The molecule has 0 aliphatic carbocycles. The lowest BCUT2D eigenvalue weighted by molar-refractivity contribution is -0.137. The number of hydrogen-bond donors (Lipinski definition) is 2. The molecule has 1 amide bonds. The second-order valence-corrected chi connectivity index (χ2v) is 5.30. The van der Waals surface area contributed by atoms with E-state index in [1.54, 1.807) is 0 Å². The topological polar surface area (TPSA) is 41.1 Å². The quantitative estimate of drug-likeness (QED) is 0.877. The molecule has 0 saturated carbocycles. The van der Waals surface area contributed by atoms with Crippen molar-refractivity contribution in [1.82, 2.24) is 0 Å². The maximum absolute atomic E-state index is 12.5. The lowest BCUT2D eigenvalue weighted by Gasteiger charge is -2.11. The van der Waals surface area contributed by atoms with Crippen molar-refractivity contribution in [3.8, 4) is 0 Å².